The molecule has 0 aromatic carbocycles. The normalized spacial score (nSPS) is 17.5. The van der Waals surface area contributed by atoms with Crippen molar-refractivity contribution in [2.24, 2.45) is 10.9 Å². The van der Waals surface area contributed by atoms with Gasteiger partial charge in [0.2, 0.25) is 0 Å². The Morgan fingerprint density at radius 2 is 1.88 bits per heavy atom. The molecule has 5 nitrogen and oxygen atoms in total. The number of rotatable bonds is 11. The molecule has 2 N–H and O–H groups in total. The monoisotopic (exact) mass is 354 g/mol. The van der Waals surface area contributed by atoms with Gasteiger partial charge in [-0.1, -0.05) is 26.7 Å². The van der Waals surface area contributed by atoms with Gasteiger partial charge in [0.05, 0.1) is 12.7 Å². The van der Waals surface area contributed by atoms with E-state index in [-0.39, 0.29) is 0 Å². The van der Waals surface area contributed by atoms with Crippen LogP contribution in [0.4, 0.5) is 0 Å². The third kappa shape index (κ3) is 11.4. The Balaban J connectivity index is 2.25. The van der Waals surface area contributed by atoms with Crippen molar-refractivity contribution in [3.8, 4) is 0 Å². The van der Waals surface area contributed by atoms with Crippen LogP contribution in [0, 0.1) is 5.92 Å². The number of nitrogens with one attached hydrogen (secondary N) is 2. The number of piperidine rings is 1. The second-order valence-corrected chi connectivity index (χ2v) is 7.83. The Morgan fingerprint density at radius 1 is 1.16 bits per heavy atom. The lowest BCUT2D eigenvalue weighted by Gasteiger charge is -2.33. The first-order chi connectivity index (χ1) is 12.0. The summed E-state index contributed by atoms with van der Waals surface area (Å²) in [5.74, 6) is 1.79. The van der Waals surface area contributed by atoms with Crippen LogP contribution in [0.15, 0.2) is 4.99 Å². The Kier molecular flexibility index (Phi) is 11.9. The zero-order chi connectivity index (χ0) is 18.5. The van der Waals surface area contributed by atoms with Gasteiger partial charge in [-0.05, 0) is 46.0 Å². The van der Waals surface area contributed by atoms with E-state index in [1.165, 1.54) is 32.1 Å². The minimum absolute atomic E-state index is 0.332. The van der Waals surface area contributed by atoms with E-state index < -0.39 is 0 Å². The van der Waals surface area contributed by atoms with Crippen molar-refractivity contribution in [1.29, 1.82) is 0 Å². The zero-order valence-electron chi connectivity index (χ0n) is 17.3. The number of nitrogens with zero attached hydrogens (tertiary/aromatic N) is 2. The molecule has 1 aliphatic heterocycles. The summed E-state index contributed by atoms with van der Waals surface area (Å²) in [7, 11) is 0. The molecular weight excluding hydrogens is 312 g/mol. The molecule has 0 radical (unpaired) electrons. The molecule has 1 aliphatic rings. The van der Waals surface area contributed by atoms with E-state index in [9.17, 15) is 0 Å². The van der Waals surface area contributed by atoms with Crippen LogP contribution in [-0.4, -0.2) is 62.3 Å². The molecule has 0 bridgehead atoms. The summed E-state index contributed by atoms with van der Waals surface area (Å²) in [6.07, 6.45) is 6.45. The van der Waals surface area contributed by atoms with Crippen LogP contribution in [0.5, 0.6) is 0 Å². The molecule has 5 heteroatoms. The van der Waals surface area contributed by atoms with Gasteiger partial charge in [-0.3, -0.25) is 4.99 Å². The van der Waals surface area contributed by atoms with Crippen LogP contribution in [0.1, 0.15) is 66.7 Å². The number of unbranched alkanes of at least 4 members (excludes halogenated alkanes) is 1. The SMILES string of the molecule is CCNC(=NCCCCC(C)C)NC1CCN(CCOC(C)C)CC1. The first-order valence-corrected chi connectivity index (χ1v) is 10.4. The lowest BCUT2D eigenvalue weighted by Crippen LogP contribution is -2.49. The van der Waals surface area contributed by atoms with E-state index >= 15 is 0 Å². The number of hydrogen-bond donors (Lipinski definition) is 2. The molecule has 0 amide bonds. The Morgan fingerprint density at radius 3 is 2.48 bits per heavy atom. The highest BCUT2D eigenvalue weighted by Crippen LogP contribution is 2.10. The third-order valence-electron chi connectivity index (χ3n) is 4.59. The summed E-state index contributed by atoms with van der Waals surface area (Å²) in [5.41, 5.74) is 0. The molecule has 0 aliphatic carbocycles. The molecule has 1 saturated heterocycles. The molecule has 0 spiro atoms. The van der Waals surface area contributed by atoms with Crippen LogP contribution in [0.2, 0.25) is 0 Å². The highest BCUT2D eigenvalue weighted by atomic mass is 16.5. The van der Waals surface area contributed by atoms with Gasteiger partial charge in [-0.15, -0.1) is 0 Å². The van der Waals surface area contributed by atoms with Crippen molar-refractivity contribution in [3.63, 3.8) is 0 Å². The smallest absolute Gasteiger partial charge is 0.191 e. The Bertz CT molecular complexity index is 350. The predicted molar refractivity (Wildman–Crippen MR) is 108 cm³/mol. The average Bonchev–Trinajstić information content (AvgIpc) is 2.55. The molecule has 0 aromatic heterocycles. The highest BCUT2D eigenvalue weighted by Gasteiger charge is 2.19. The molecule has 1 fully saturated rings. The second kappa shape index (κ2) is 13.4. The Hall–Kier alpha value is -0.810. The van der Waals surface area contributed by atoms with Gasteiger partial charge in [0.1, 0.15) is 0 Å². The fourth-order valence-electron chi connectivity index (χ4n) is 3.09. The molecule has 25 heavy (non-hydrogen) atoms. The fourth-order valence-corrected chi connectivity index (χ4v) is 3.09. The predicted octanol–water partition coefficient (Wildman–Crippen LogP) is 3.26. The molecule has 1 heterocycles. The van der Waals surface area contributed by atoms with Crippen LogP contribution in [-0.2, 0) is 4.74 Å². The zero-order valence-corrected chi connectivity index (χ0v) is 17.3. The summed E-state index contributed by atoms with van der Waals surface area (Å²) in [6, 6.07) is 0.538. The molecule has 0 saturated carbocycles. The maximum Gasteiger partial charge on any atom is 0.191 e. The molecule has 1 rings (SSSR count). The maximum atomic E-state index is 5.66. The van der Waals surface area contributed by atoms with Crippen LogP contribution in [0.25, 0.3) is 0 Å². The van der Waals surface area contributed by atoms with E-state index in [2.05, 4.69) is 50.2 Å². The maximum absolute atomic E-state index is 5.66. The second-order valence-electron chi connectivity index (χ2n) is 7.83. The molecule has 0 aromatic rings. The number of aliphatic imine (C=N–C) groups is 1. The van der Waals surface area contributed by atoms with Gasteiger partial charge in [-0.2, -0.15) is 0 Å². The van der Waals surface area contributed by atoms with Crippen molar-refractivity contribution < 1.29 is 4.74 Å². The van der Waals surface area contributed by atoms with E-state index in [4.69, 9.17) is 9.73 Å². The quantitative estimate of drug-likeness (QED) is 0.340. The summed E-state index contributed by atoms with van der Waals surface area (Å²) < 4.78 is 5.66. The van der Waals surface area contributed by atoms with Gasteiger partial charge >= 0.3 is 0 Å². The summed E-state index contributed by atoms with van der Waals surface area (Å²) in [5, 5.41) is 7.03. The average molecular weight is 355 g/mol. The van der Waals surface area contributed by atoms with Crippen molar-refractivity contribution in [2.75, 3.05) is 39.3 Å². The van der Waals surface area contributed by atoms with Crippen molar-refractivity contribution in [1.82, 2.24) is 15.5 Å². The van der Waals surface area contributed by atoms with Crippen LogP contribution < -0.4 is 10.6 Å². The fraction of sp³-hybridized carbons (Fsp3) is 0.950. The first kappa shape index (κ1) is 22.2. The summed E-state index contributed by atoms with van der Waals surface area (Å²) in [4.78, 5) is 7.26. The van der Waals surface area contributed by atoms with Gasteiger partial charge in [0, 0.05) is 38.8 Å². The number of hydrogen-bond acceptors (Lipinski definition) is 3. The van der Waals surface area contributed by atoms with Crippen molar-refractivity contribution in [3.05, 3.63) is 0 Å². The van der Waals surface area contributed by atoms with Gasteiger partial charge < -0.3 is 20.3 Å². The molecule has 148 valence electrons. The van der Waals surface area contributed by atoms with E-state index in [0.29, 0.717) is 12.1 Å². The standard InChI is InChI=1S/C20H42N4O/c1-6-21-20(22-12-8-7-9-17(2)3)23-19-10-13-24(14-11-19)15-16-25-18(4)5/h17-19H,6-16H2,1-5H3,(H2,21,22,23). The number of likely N-dealkylation sites (tertiary alicyclic amines) is 1. The van der Waals surface area contributed by atoms with Gasteiger partial charge in [0.25, 0.3) is 0 Å². The highest BCUT2D eigenvalue weighted by molar-refractivity contribution is 5.80. The Labute approximate surface area is 156 Å². The van der Waals surface area contributed by atoms with E-state index in [0.717, 1.165) is 51.2 Å². The third-order valence-corrected chi connectivity index (χ3v) is 4.59. The lowest BCUT2D eigenvalue weighted by molar-refractivity contribution is 0.0532. The van der Waals surface area contributed by atoms with Crippen molar-refractivity contribution >= 4 is 5.96 Å². The number of ether oxygens (including phenoxy) is 1. The van der Waals surface area contributed by atoms with E-state index in [1.54, 1.807) is 0 Å². The lowest BCUT2D eigenvalue weighted by atomic mass is 10.1. The van der Waals surface area contributed by atoms with E-state index in [1.807, 2.05) is 0 Å². The summed E-state index contributed by atoms with van der Waals surface area (Å²) in [6.45, 7) is 16.9. The summed E-state index contributed by atoms with van der Waals surface area (Å²) >= 11 is 0. The van der Waals surface area contributed by atoms with Gasteiger partial charge in [-0.25, -0.2) is 0 Å². The number of guanidine groups is 1. The molecule has 0 unspecified atom stereocenters. The largest absolute Gasteiger partial charge is 0.377 e. The molecular formula is C20H42N4O. The minimum atomic E-state index is 0.332. The molecule has 0 atom stereocenters. The van der Waals surface area contributed by atoms with Crippen LogP contribution >= 0.6 is 0 Å². The van der Waals surface area contributed by atoms with Gasteiger partial charge in [0.15, 0.2) is 5.96 Å². The minimum Gasteiger partial charge on any atom is -0.377 e. The van der Waals surface area contributed by atoms with Crippen LogP contribution in [0.3, 0.4) is 0 Å². The van der Waals surface area contributed by atoms with Crippen molar-refractivity contribution in [2.45, 2.75) is 78.9 Å². The first-order valence-electron chi connectivity index (χ1n) is 10.4. The topological polar surface area (TPSA) is 48.9 Å².